The molecule has 0 bridgehead atoms. The minimum atomic E-state index is -0.432. The molecular formula is C21H20FN7O. The van der Waals surface area contributed by atoms with Crippen LogP contribution in [0.3, 0.4) is 0 Å². The molecule has 30 heavy (non-hydrogen) atoms. The molecule has 0 radical (unpaired) electrons. The quantitative estimate of drug-likeness (QED) is 0.509. The summed E-state index contributed by atoms with van der Waals surface area (Å²) in [6, 6.07) is 6.58. The van der Waals surface area contributed by atoms with Crippen LogP contribution in [0.15, 0.2) is 42.9 Å². The lowest BCUT2D eigenvalue weighted by molar-refractivity contribution is -0.118. The highest BCUT2D eigenvalue weighted by Crippen LogP contribution is 2.29. The number of nitrogens with one attached hydrogen (secondary N) is 1. The second-order valence-corrected chi connectivity index (χ2v) is 6.97. The number of nitrogens with zero attached hydrogens (tertiary/aromatic N) is 5. The van der Waals surface area contributed by atoms with E-state index < -0.39 is 11.7 Å². The predicted octanol–water partition coefficient (Wildman–Crippen LogP) is 3.26. The highest BCUT2D eigenvalue weighted by atomic mass is 19.1. The maximum Gasteiger partial charge on any atom is 0.219 e. The standard InChI is InChI=1S/C21H20FN7O/c1-12-10-25-17(20-14(22)4-3-13(2)27-20)9-16(12)28-15-5-7-24-18-11-26-29(21(15)18)8-6-19(23)30/h3-5,7,9-11H,6,8H2,1-2H3,(H2,23,30)(H,24,25,28). The Balaban J connectivity index is 1.74. The molecule has 0 fully saturated rings. The third-order valence-corrected chi connectivity index (χ3v) is 4.70. The van der Waals surface area contributed by atoms with Crippen molar-refractivity contribution in [3.63, 3.8) is 0 Å². The van der Waals surface area contributed by atoms with Crippen molar-refractivity contribution in [1.29, 1.82) is 0 Å². The smallest absolute Gasteiger partial charge is 0.219 e. The molecule has 0 atom stereocenters. The van der Waals surface area contributed by atoms with E-state index in [-0.39, 0.29) is 12.1 Å². The first-order valence-electron chi connectivity index (χ1n) is 9.38. The average molecular weight is 405 g/mol. The summed E-state index contributed by atoms with van der Waals surface area (Å²) in [5, 5.41) is 7.68. The van der Waals surface area contributed by atoms with Gasteiger partial charge in [0.05, 0.1) is 24.1 Å². The van der Waals surface area contributed by atoms with E-state index in [4.69, 9.17) is 5.73 Å². The number of primary amides is 1. The van der Waals surface area contributed by atoms with E-state index in [1.165, 1.54) is 6.07 Å². The van der Waals surface area contributed by atoms with E-state index in [1.807, 2.05) is 13.0 Å². The molecule has 8 nitrogen and oxygen atoms in total. The summed E-state index contributed by atoms with van der Waals surface area (Å²) in [5.74, 6) is -0.835. The first kappa shape index (κ1) is 19.4. The fourth-order valence-corrected chi connectivity index (χ4v) is 3.16. The molecule has 4 rings (SSSR count). The lowest BCUT2D eigenvalue weighted by Gasteiger charge is -2.13. The zero-order chi connectivity index (χ0) is 21.3. The number of amides is 1. The third kappa shape index (κ3) is 3.82. The van der Waals surface area contributed by atoms with Gasteiger partial charge in [-0.15, -0.1) is 0 Å². The number of pyridine rings is 3. The Morgan fingerprint density at radius 3 is 2.80 bits per heavy atom. The number of hydrogen-bond donors (Lipinski definition) is 2. The number of fused-ring (bicyclic) bond motifs is 1. The summed E-state index contributed by atoms with van der Waals surface area (Å²) < 4.78 is 16.0. The molecule has 152 valence electrons. The molecule has 9 heteroatoms. The van der Waals surface area contributed by atoms with Crippen LogP contribution in [-0.4, -0.2) is 30.6 Å². The summed E-state index contributed by atoms with van der Waals surface area (Å²) in [4.78, 5) is 24.1. The highest BCUT2D eigenvalue weighted by molar-refractivity contribution is 5.90. The van der Waals surface area contributed by atoms with Crippen LogP contribution in [0.2, 0.25) is 0 Å². The van der Waals surface area contributed by atoms with Gasteiger partial charge in [0.15, 0.2) is 5.82 Å². The van der Waals surface area contributed by atoms with E-state index >= 15 is 0 Å². The van der Waals surface area contributed by atoms with Gasteiger partial charge in [-0.1, -0.05) is 0 Å². The van der Waals surface area contributed by atoms with Gasteiger partial charge in [0, 0.05) is 30.2 Å². The summed E-state index contributed by atoms with van der Waals surface area (Å²) in [6.45, 7) is 4.05. The second kappa shape index (κ2) is 7.86. The Hall–Kier alpha value is -3.88. The zero-order valence-corrected chi connectivity index (χ0v) is 16.6. The third-order valence-electron chi connectivity index (χ3n) is 4.70. The minimum Gasteiger partial charge on any atom is -0.370 e. The summed E-state index contributed by atoms with van der Waals surface area (Å²) in [7, 11) is 0. The lowest BCUT2D eigenvalue weighted by Crippen LogP contribution is -2.14. The Morgan fingerprint density at radius 2 is 2.00 bits per heavy atom. The molecule has 4 aromatic heterocycles. The van der Waals surface area contributed by atoms with E-state index in [0.717, 1.165) is 22.5 Å². The van der Waals surface area contributed by atoms with E-state index in [2.05, 4.69) is 25.4 Å². The van der Waals surface area contributed by atoms with E-state index in [0.29, 0.717) is 23.4 Å². The van der Waals surface area contributed by atoms with Crippen molar-refractivity contribution in [3.8, 4) is 11.4 Å². The predicted molar refractivity (Wildman–Crippen MR) is 112 cm³/mol. The number of hydrogen-bond acceptors (Lipinski definition) is 6. The number of carbonyl (C=O) groups is 1. The molecule has 0 aliphatic rings. The van der Waals surface area contributed by atoms with Crippen molar-refractivity contribution in [2.45, 2.75) is 26.8 Å². The van der Waals surface area contributed by atoms with Gasteiger partial charge in [-0.3, -0.25) is 19.4 Å². The van der Waals surface area contributed by atoms with Crippen LogP contribution in [0, 0.1) is 19.7 Å². The summed E-state index contributed by atoms with van der Waals surface area (Å²) in [6.07, 6.45) is 5.15. The Morgan fingerprint density at radius 1 is 1.17 bits per heavy atom. The van der Waals surface area contributed by atoms with Crippen LogP contribution in [0.5, 0.6) is 0 Å². The van der Waals surface area contributed by atoms with Crippen molar-refractivity contribution in [2.75, 3.05) is 5.32 Å². The van der Waals surface area contributed by atoms with Crippen molar-refractivity contribution in [3.05, 3.63) is 59.9 Å². The minimum absolute atomic E-state index is 0.169. The van der Waals surface area contributed by atoms with Crippen molar-refractivity contribution in [1.82, 2.24) is 24.7 Å². The van der Waals surface area contributed by atoms with Gasteiger partial charge >= 0.3 is 0 Å². The SMILES string of the molecule is Cc1ccc(F)c(-c2cc(Nc3ccnc4cnn(CCC(N)=O)c34)c(C)cn2)n1. The van der Waals surface area contributed by atoms with Gasteiger partial charge < -0.3 is 11.1 Å². The fraction of sp³-hybridized carbons (Fsp3) is 0.190. The average Bonchev–Trinajstić information content (AvgIpc) is 3.14. The largest absolute Gasteiger partial charge is 0.370 e. The van der Waals surface area contributed by atoms with Gasteiger partial charge in [0.1, 0.15) is 16.7 Å². The fourth-order valence-electron chi connectivity index (χ4n) is 3.16. The number of rotatable bonds is 6. The van der Waals surface area contributed by atoms with Crippen LogP contribution in [-0.2, 0) is 11.3 Å². The van der Waals surface area contributed by atoms with Crippen LogP contribution >= 0.6 is 0 Å². The van der Waals surface area contributed by atoms with E-state index in [1.54, 1.807) is 42.3 Å². The molecule has 4 aromatic rings. The Labute approximate surface area is 172 Å². The molecule has 0 unspecified atom stereocenters. The number of aromatic nitrogens is 5. The Bertz CT molecular complexity index is 1250. The molecule has 3 N–H and O–H groups in total. The molecule has 0 saturated carbocycles. The van der Waals surface area contributed by atoms with Crippen LogP contribution in [0.4, 0.5) is 15.8 Å². The van der Waals surface area contributed by atoms with Gasteiger partial charge in [-0.25, -0.2) is 9.37 Å². The van der Waals surface area contributed by atoms with Gasteiger partial charge in [-0.05, 0) is 43.7 Å². The molecule has 4 heterocycles. The molecule has 0 aliphatic carbocycles. The number of nitrogens with two attached hydrogens (primary N) is 1. The van der Waals surface area contributed by atoms with E-state index in [9.17, 15) is 9.18 Å². The van der Waals surface area contributed by atoms with Crippen LogP contribution in [0.25, 0.3) is 22.4 Å². The lowest BCUT2D eigenvalue weighted by atomic mass is 10.1. The number of anilines is 2. The molecular weight excluding hydrogens is 385 g/mol. The summed E-state index contributed by atoms with van der Waals surface area (Å²) in [5.41, 5.74) is 10.4. The van der Waals surface area contributed by atoms with Crippen molar-refractivity contribution >= 4 is 28.3 Å². The molecule has 1 amide bonds. The first-order valence-corrected chi connectivity index (χ1v) is 9.38. The Kier molecular flexibility index (Phi) is 5.09. The number of aryl methyl sites for hydroxylation is 3. The molecule has 0 aromatic carbocycles. The molecule has 0 aliphatic heterocycles. The maximum absolute atomic E-state index is 14.3. The van der Waals surface area contributed by atoms with Gasteiger partial charge in [0.25, 0.3) is 0 Å². The molecule has 0 spiro atoms. The number of halogens is 1. The first-order chi connectivity index (χ1) is 14.4. The zero-order valence-electron chi connectivity index (χ0n) is 16.6. The van der Waals surface area contributed by atoms with Gasteiger partial charge in [-0.2, -0.15) is 5.10 Å². The highest BCUT2D eigenvalue weighted by Gasteiger charge is 2.14. The normalized spacial score (nSPS) is 11.0. The van der Waals surface area contributed by atoms with Crippen molar-refractivity contribution in [2.24, 2.45) is 5.73 Å². The van der Waals surface area contributed by atoms with Crippen LogP contribution < -0.4 is 11.1 Å². The van der Waals surface area contributed by atoms with Crippen molar-refractivity contribution < 1.29 is 9.18 Å². The second-order valence-electron chi connectivity index (χ2n) is 6.97. The summed E-state index contributed by atoms with van der Waals surface area (Å²) >= 11 is 0. The topological polar surface area (TPSA) is 112 Å². The number of carbonyl (C=O) groups excluding carboxylic acids is 1. The molecule has 0 saturated heterocycles. The maximum atomic E-state index is 14.3. The monoisotopic (exact) mass is 405 g/mol. The van der Waals surface area contributed by atoms with Crippen LogP contribution in [0.1, 0.15) is 17.7 Å². The van der Waals surface area contributed by atoms with Gasteiger partial charge in [0.2, 0.25) is 5.91 Å².